The summed E-state index contributed by atoms with van der Waals surface area (Å²) in [5.41, 5.74) is 2.50. The average molecular weight is 339 g/mol. The molecule has 7 heteroatoms. The number of rotatable bonds is 6. The van der Waals surface area contributed by atoms with Gasteiger partial charge in [-0.05, 0) is 31.9 Å². The predicted octanol–water partition coefficient (Wildman–Crippen LogP) is 2.01. The third-order valence-corrected chi connectivity index (χ3v) is 4.18. The molecule has 0 aliphatic rings. The van der Waals surface area contributed by atoms with Crippen molar-refractivity contribution in [1.29, 1.82) is 0 Å². The molecule has 0 spiro atoms. The van der Waals surface area contributed by atoms with Gasteiger partial charge in [0.25, 0.3) is 5.91 Å². The number of carbonyl (C=O) groups excluding carboxylic acids is 1. The molecular formula is C18H21N5O2. The van der Waals surface area contributed by atoms with Crippen LogP contribution in [0.25, 0.3) is 16.6 Å². The van der Waals surface area contributed by atoms with Crippen molar-refractivity contribution in [2.75, 3.05) is 6.54 Å². The van der Waals surface area contributed by atoms with Crippen LogP contribution in [-0.4, -0.2) is 43.6 Å². The summed E-state index contributed by atoms with van der Waals surface area (Å²) in [6.45, 7) is 4.11. The highest BCUT2D eigenvalue weighted by Gasteiger charge is 2.18. The Bertz CT molecular complexity index is 885. The van der Waals surface area contributed by atoms with Gasteiger partial charge in [0.2, 0.25) is 0 Å². The fourth-order valence-corrected chi connectivity index (χ4v) is 2.67. The molecule has 1 unspecified atom stereocenters. The maximum Gasteiger partial charge on any atom is 0.273 e. The highest BCUT2D eigenvalue weighted by molar-refractivity contribution is 5.93. The molecule has 0 radical (unpaired) electrons. The summed E-state index contributed by atoms with van der Waals surface area (Å²) < 4.78 is 1.63. The van der Waals surface area contributed by atoms with E-state index in [0.717, 1.165) is 16.6 Å². The molecule has 2 aromatic heterocycles. The molecule has 2 N–H and O–H groups in total. The molecule has 1 aromatic carbocycles. The Morgan fingerprint density at radius 2 is 2.12 bits per heavy atom. The molecule has 2 heterocycles. The predicted molar refractivity (Wildman–Crippen MR) is 94.6 cm³/mol. The molecule has 25 heavy (non-hydrogen) atoms. The van der Waals surface area contributed by atoms with Gasteiger partial charge < -0.3 is 10.4 Å². The topological polar surface area (TPSA) is 92.9 Å². The molecule has 1 amide bonds. The minimum Gasteiger partial charge on any atom is -0.393 e. The van der Waals surface area contributed by atoms with Crippen LogP contribution in [-0.2, 0) is 0 Å². The van der Waals surface area contributed by atoms with Crippen molar-refractivity contribution in [2.24, 2.45) is 0 Å². The van der Waals surface area contributed by atoms with Gasteiger partial charge in [-0.1, -0.05) is 30.3 Å². The van der Waals surface area contributed by atoms with Gasteiger partial charge in [0.05, 0.1) is 23.0 Å². The average Bonchev–Trinajstić information content (AvgIpc) is 3.02. The van der Waals surface area contributed by atoms with Gasteiger partial charge in [-0.2, -0.15) is 0 Å². The van der Waals surface area contributed by atoms with Crippen molar-refractivity contribution in [3.05, 3.63) is 47.9 Å². The largest absolute Gasteiger partial charge is 0.393 e. The molecule has 0 bridgehead atoms. The highest BCUT2D eigenvalue weighted by Crippen LogP contribution is 2.21. The Morgan fingerprint density at radius 3 is 2.92 bits per heavy atom. The Labute approximate surface area is 145 Å². The molecule has 3 aromatic rings. The van der Waals surface area contributed by atoms with E-state index in [0.29, 0.717) is 25.1 Å². The number of nitrogens with zero attached hydrogens (tertiary/aromatic N) is 4. The Morgan fingerprint density at radius 1 is 1.32 bits per heavy atom. The smallest absolute Gasteiger partial charge is 0.273 e. The van der Waals surface area contributed by atoms with E-state index in [1.807, 2.05) is 37.3 Å². The van der Waals surface area contributed by atoms with Crippen LogP contribution in [0.1, 0.15) is 35.9 Å². The summed E-state index contributed by atoms with van der Waals surface area (Å²) in [4.78, 5) is 16.7. The molecular weight excluding hydrogens is 318 g/mol. The summed E-state index contributed by atoms with van der Waals surface area (Å²) in [5, 5.41) is 21.5. The van der Waals surface area contributed by atoms with Gasteiger partial charge in [0, 0.05) is 18.1 Å². The van der Waals surface area contributed by atoms with Crippen LogP contribution in [0.2, 0.25) is 0 Å². The zero-order valence-electron chi connectivity index (χ0n) is 14.3. The first-order chi connectivity index (χ1) is 12.1. The SMILES string of the molecule is CCC(O)CCNC(=O)c1nnn(-c2cccc3cccnc23)c1C. The summed E-state index contributed by atoms with van der Waals surface area (Å²) in [6, 6.07) is 9.65. The van der Waals surface area contributed by atoms with Gasteiger partial charge in [-0.15, -0.1) is 5.10 Å². The van der Waals surface area contributed by atoms with Crippen molar-refractivity contribution < 1.29 is 9.90 Å². The number of aromatic nitrogens is 4. The molecule has 7 nitrogen and oxygen atoms in total. The molecule has 1 atom stereocenters. The van der Waals surface area contributed by atoms with Gasteiger partial charge >= 0.3 is 0 Å². The first-order valence-electron chi connectivity index (χ1n) is 8.34. The molecule has 130 valence electrons. The van der Waals surface area contributed by atoms with Crippen molar-refractivity contribution in [1.82, 2.24) is 25.3 Å². The van der Waals surface area contributed by atoms with E-state index in [4.69, 9.17) is 0 Å². The Balaban J connectivity index is 1.85. The lowest BCUT2D eigenvalue weighted by molar-refractivity contribution is 0.0936. The first kappa shape index (κ1) is 17.0. The van der Waals surface area contributed by atoms with E-state index in [1.165, 1.54) is 0 Å². The van der Waals surface area contributed by atoms with Crippen molar-refractivity contribution in [2.45, 2.75) is 32.8 Å². The van der Waals surface area contributed by atoms with Crippen molar-refractivity contribution in [3.8, 4) is 5.69 Å². The van der Waals surface area contributed by atoms with Crippen molar-refractivity contribution in [3.63, 3.8) is 0 Å². The van der Waals surface area contributed by atoms with Gasteiger partial charge in [0.15, 0.2) is 5.69 Å². The number of fused-ring (bicyclic) bond motifs is 1. The monoisotopic (exact) mass is 339 g/mol. The zero-order chi connectivity index (χ0) is 17.8. The maximum absolute atomic E-state index is 12.3. The number of hydrogen-bond acceptors (Lipinski definition) is 5. The lowest BCUT2D eigenvalue weighted by atomic mass is 10.2. The Kier molecular flexibility index (Phi) is 5.04. The highest BCUT2D eigenvalue weighted by atomic mass is 16.3. The minimum absolute atomic E-state index is 0.277. The van der Waals surface area contributed by atoms with E-state index >= 15 is 0 Å². The molecule has 0 aliphatic heterocycles. The molecule has 0 saturated heterocycles. The minimum atomic E-state index is -0.404. The second-order valence-electron chi connectivity index (χ2n) is 5.89. The number of pyridine rings is 1. The summed E-state index contributed by atoms with van der Waals surface area (Å²) in [7, 11) is 0. The van der Waals surface area contributed by atoms with Crippen molar-refractivity contribution >= 4 is 16.8 Å². The molecule has 0 saturated carbocycles. The van der Waals surface area contributed by atoms with Crippen LogP contribution in [0.5, 0.6) is 0 Å². The molecule has 0 fully saturated rings. The van der Waals surface area contributed by atoms with E-state index in [-0.39, 0.29) is 11.6 Å². The summed E-state index contributed by atoms with van der Waals surface area (Å²) >= 11 is 0. The molecule has 0 aliphatic carbocycles. The number of hydrogen-bond donors (Lipinski definition) is 2. The fraction of sp³-hybridized carbons (Fsp3) is 0.333. The zero-order valence-corrected chi connectivity index (χ0v) is 14.3. The van der Waals surface area contributed by atoms with E-state index in [2.05, 4.69) is 20.6 Å². The first-order valence-corrected chi connectivity index (χ1v) is 8.34. The number of aliphatic hydroxyl groups is 1. The van der Waals surface area contributed by atoms with Crippen LogP contribution in [0.15, 0.2) is 36.5 Å². The molecule has 3 rings (SSSR count). The second-order valence-corrected chi connectivity index (χ2v) is 5.89. The summed E-state index contributed by atoms with van der Waals surface area (Å²) in [6.07, 6.45) is 2.51. The number of benzene rings is 1. The number of aliphatic hydroxyl groups excluding tert-OH is 1. The number of para-hydroxylation sites is 1. The fourth-order valence-electron chi connectivity index (χ4n) is 2.67. The number of nitrogens with one attached hydrogen (secondary N) is 1. The van der Waals surface area contributed by atoms with Crippen LogP contribution in [0, 0.1) is 6.92 Å². The van der Waals surface area contributed by atoms with Gasteiger partial charge in [-0.25, -0.2) is 4.68 Å². The number of amides is 1. The van der Waals surface area contributed by atoms with Crippen LogP contribution in [0.4, 0.5) is 0 Å². The van der Waals surface area contributed by atoms with Gasteiger partial charge in [-0.3, -0.25) is 9.78 Å². The lowest BCUT2D eigenvalue weighted by Gasteiger charge is -2.09. The quantitative estimate of drug-likeness (QED) is 0.717. The van der Waals surface area contributed by atoms with Crippen LogP contribution < -0.4 is 5.32 Å². The van der Waals surface area contributed by atoms with Crippen LogP contribution in [0.3, 0.4) is 0 Å². The second kappa shape index (κ2) is 7.40. The maximum atomic E-state index is 12.3. The normalized spacial score (nSPS) is 12.3. The van der Waals surface area contributed by atoms with E-state index in [9.17, 15) is 9.90 Å². The van der Waals surface area contributed by atoms with Crippen LogP contribution >= 0.6 is 0 Å². The van der Waals surface area contributed by atoms with E-state index < -0.39 is 6.10 Å². The standard InChI is InChI=1S/C18H21N5O2/c1-3-14(24)9-11-20-18(25)16-12(2)23(22-21-16)15-8-4-6-13-7-5-10-19-17(13)15/h4-8,10,14,24H,3,9,11H2,1-2H3,(H,20,25). The third-order valence-electron chi connectivity index (χ3n) is 4.18. The summed E-state index contributed by atoms with van der Waals surface area (Å²) in [5.74, 6) is -0.291. The van der Waals surface area contributed by atoms with E-state index in [1.54, 1.807) is 17.8 Å². The Hall–Kier alpha value is -2.80. The number of carbonyl (C=O) groups is 1. The van der Waals surface area contributed by atoms with Gasteiger partial charge in [0.1, 0.15) is 0 Å². The lowest BCUT2D eigenvalue weighted by Crippen LogP contribution is -2.28. The third kappa shape index (κ3) is 3.51.